The summed E-state index contributed by atoms with van der Waals surface area (Å²) in [5, 5.41) is 0. The van der Waals surface area contributed by atoms with Crippen LogP contribution in [0.4, 0.5) is 0 Å². The molecule has 0 bridgehead atoms. The number of carbonyl (C=O) groups is 1. The van der Waals surface area contributed by atoms with Crippen molar-refractivity contribution in [2.24, 2.45) is 0 Å². The van der Waals surface area contributed by atoms with Crippen molar-refractivity contribution in [2.75, 3.05) is 34.5 Å². The molecule has 2 rings (SSSR count). The summed E-state index contributed by atoms with van der Waals surface area (Å²) in [6.45, 7) is 0.356. The van der Waals surface area contributed by atoms with E-state index in [0.29, 0.717) is 28.6 Å². The van der Waals surface area contributed by atoms with Gasteiger partial charge in [-0.3, -0.25) is 0 Å². The lowest BCUT2D eigenvalue weighted by Gasteiger charge is -2.14. The van der Waals surface area contributed by atoms with E-state index in [1.807, 2.05) is 24.3 Å². The molecular formula is C18H19BrO6. The average Bonchev–Trinajstić information content (AvgIpc) is 2.63. The van der Waals surface area contributed by atoms with E-state index in [2.05, 4.69) is 15.9 Å². The minimum Gasteiger partial charge on any atom is -0.493 e. The van der Waals surface area contributed by atoms with Crippen molar-refractivity contribution >= 4 is 21.9 Å². The third kappa shape index (κ3) is 5.03. The highest BCUT2D eigenvalue weighted by molar-refractivity contribution is 9.10. The van der Waals surface area contributed by atoms with Gasteiger partial charge in [0.1, 0.15) is 19.0 Å². The maximum absolute atomic E-state index is 12.2. The molecule has 0 saturated carbocycles. The molecule has 134 valence electrons. The van der Waals surface area contributed by atoms with Gasteiger partial charge in [-0.15, -0.1) is 0 Å². The average molecular weight is 411 g/mol. The lowest BCUT2D eigenvalue weighted by atomic mass is 10.2. The Labute approximate surface area is 154 Å². The van der Waals surface area contributed by atoms with E-state index >= 15 is 0 Å². The molecule has 0 atom stereocenters. The molecule has 0 amide bonds. The Kier molecular flexibility index (Phi) is 6.94. The fraction of sp³-hybridized carbons (Fsp3) is 0.278. The predicted molar refractivity (Wildman–Crippen MR) is 96.0 cm³/mol. The Morgan fingerprint density at radius 1 is 0.960 bits per heavy atom. The second kappa shape index (κ2) is 9.17. The molecule has 0 spiro atoms. The minimum absolute atomic E-state index is 0.113. The van der Waals surface area contributed by atoms with Gasteiger partial charge in [0.25, 0.3) is 0 Å². The van der Waals surface area contributed by atoms with Crippen LogP contribution in [-0.4, -0.2) is 40.5 Å². The summed E-state index contributed by atoms with van der Waals surface area (Å²) in [4.78, 5) is 12.2. The zero-order valence-electron chi connectivity index (χ0n) is 14.2. The van der Waals surface area contributed by atoms with Gasteiger partial charge < -0.3 is 23.7 Å². The van der Waals surface area contributed by atoms with Gasteiger partial charge in [-0.1, -0.05) is 22.0 Å². The Hall–Kier alpha value is -2.41. The molecule has 0 aromatic heterocycles. The van der Waals surface area contributed by atoms with Crippen molar-refractivity contribution in [2.45, 2.75) is 0 Å². The van der Waals surface area contributed by atoms with Crippen LogP contribution in [-0.2, 0) is 4.74 Å². The number of methoxy groups -OCH3 is 3. The van der Waals surface area contributed by atoms with Crippen LogP contribution in [0.3, 0.4) is 0 Å². The molecule has 7 heteroatoms. The van der Waals surface area contributed by atoms with Gasteiger partial charge in [-0.2, -0.15) is 0 Å². The molecule has 25 heavy (non-hydrogen) atoms. The molecule has 0 aliphatic carbocycles. The fourth-order valence-electron chi connectivity index (χ4n) is 2.13. The number of hydrogen-bond donors (Lipinski definition) is 0. The highest BCUT2D eigenvalue weighted by atomic mass is 79.9. The minimum atomic E-state index is -0.503. The van der Waals surface area contributed by atoms with Crippen molar-refractivity contribution in [3.05, 3.63) is 46.4 Å². The summed E-state index contributed by atoms with van der Waals surface area (Å²) in [6.07, 6.45) is 0. The van der Waals surface area contributed by atoms with E-state index in [0.717, 1.165) is 4.47 Å². The Bertz CT molecular complexity index is 706. The number of ether oxygens (including phenoxy) is 5. The molecular weight excluding hydrogens is 392 g/mol. The summed E-state index contributed by atoms with van der Waals surface area (Å²) in [7, 11) is 4.47. The van der Waals surface area contributed by atoms with Crippen LogP contribution in [0.1, 0.15) is 10.4 Å². The molecule has 0 unspecified atom stereocenters. The normalized spacial score (nSPS) is 10.1. The highest BCUT2D eigenvalue weighted by Gasteiger charge is 2.17. The van der Waals surface area contributed by atoms with E-state index in [1.54, 1.807) is 12.1 Å². The molecule has 2 aromatic rings. The van der Waals surface area contributed by atoms with E-state index in [4.69, 9.17) is 23.7 Å². The smallest absolute Gasteiger partial charge is 0.338 e. The summed E-state index contributed by atoms with van der Waals surface area (Å²) >= 11 is 3.36. The molecule has 0 saturated heterocycles. The van der Waals surface area contributed by atoms with E-state index < -0.39 is 5.97 Å². The summed E-state index contributed by atoms with van der Waals surface area (Å²) < 4.78 is 27.3. The van der Waals surface area contributed by atoms with Crippen molar-refractivity contribution in [3.8, 4) is 23.0 Å². The molecule has 0 aliphatic rings. The summed E-state index contributed by atoms with van der Waals surface area (Å²) in [5.74, 6) is 1.38. The van der Waals surface area contributed by atoms with Crippen LogP contribution < -0.4 is 18.9 Å². The third-order valence-electron chi connectivity index (χ3n) is 3.28. The maximum atomic E-state index is 12.2. The number of halogens is 1. The molecule has 0 heterocycles. The number of hydrogen-bond acceptors (Lipinski definition) is 6. The van der Waals surface area contributed by atoms with Gasteiger partial charge in [-0.05, 0) is 30.3 Å². The van der Waals surface area contributed by atoms with E-state index in [9.17, 15) is 4.79 Å². The number of rotatable bonds is 8. The van der Waals surface area contributed by atoms with Gasteiger partial charge in [0.05, 0.1) is 26.9 Å². The quantitative estimate of drug-likeness (QED) is 0.488. The SMILES string of the molecule is COc1cc(C(=O)OCCOc2cccc(Br)c2)cc(OC)c1OC. The fourth-order valence-corrected chi connectivity index (χ4v) is 2.51. The molecule has 0 N–H and O–H groups in total. The first-order chi connectivity index (χ1) is 12.1. The van der Waals surface area contributed by atoms with Gasteiger partial charge in [-0.25, -0.2) is 4.79 Å². The van der Waals surface area contributed by atoms with E-state index in [1.165, 1.54) is 21.3 Å². The van der Waals surface area contributed by atoms with Crippen LogP contribution in [0.5, 0.6) is 23.0 Å². The molecule has 6 nitrogen and oxygen atoms in total. The van der Waals surface area contributed by atoms with Gasteiger partial charge in [0.2, 0.25) is 5.75 Å². The predicted octanol–water partition coefficient (Wildman–Crippen LogP) is 3.71. The molecule has 2 aromatic carbocycles. The standard InChI is InChI=1S/C18H19BrO6/c1-21-15-9-12(10-16(22-2)17(15)23-3)18(20)25-8-7-24-14-6-4-5-13(19)11-14/h4-6,9-11H,7-8H2,1-3H3. The first kappa shape index (κ1) is 18.9. The maximum Gasteiger partial charge on any atom is 0.338 e. The zero-order valence-corrected chi connectivity index (χ0v) is 15.8. The second-order valence-electron chi connectivity index (χ2n) is 4.86. The van der Waals surface area contributed by atoms with Crippen LogP contribution in [0, 0.1) is 0 Å². The van der Waals surface area contributed by atoms with Crippen LogP contribution in [0.2, 0.25) is 0 Å². The number of carbonyl (C=O) groups excluding carboxylic acids is 1. The summed E-state index contributed by atoms with van der Waals surface area (Å²) in [5.41, 5.74) is 0.303. The van der Waals surface area contributed by atoms with Crippen molar-refractivity contribution in [3.63, 3.8) is 0 Å². The van der Waals surface area contributed by atoms with Crippen LogP contribution >= 0.6 is 15.9 Å². The van der Waals surface area contributed by atoms with E-state index in [-0.39, 0.29) is 13.2 Å². The van der Waals surface area contributed by atoms with Crippen molar-refractivity contribution < 1.29 is 28.5 Å². The third-order valence-corrected chi connectivity index (χ3v) is 3.77. The molecule has 0 fully saturated rings. The van der Waals surface area contributed by atoms with Crippen molar-refractivity contribution in [1.29, 1.82) is 0 Å². The highest BCUT2D eigenvalue weighted by Crippen LogP contribution is 2.38. The van der Waals surface area contributed by atoms with Crippen LogP contribution in [0.25, 0.3) is 0 Å². The zero-order chi connectivity index (χ0) is 18.2. The topological polar surface area (TPSA) is 63.2 Å². The van der Waals surface area contributed by atoms with Gasteiger partial charge >= 0.3 is 5.97 Å². The number of benzene rings is 2. The Morgan fingerprint density at radius 3 is 2.20 bits per heavy atom. The van der Waals surface area contributed by atoms with Gasteiger partial charge in [0, 0.05) is 4.47 Å². The monoisotopic (exact) mass is 410 g/mol. The lowest BCUT2D eigenvalue weighted by Crippen LogP contribution is -2.13. The van der Waals surface area contributed by atoms with Crippen molar-refractivity contribution in [1.82, 2.24) is 0 Å². The largest absolute Gasteiger partial charge is 0.493 e. The summed E-state index contributed by atoms with van der Waals surface area (Å²) in [6, 6.07) is 10.5. The Balaban J connectivity index is 1.96. The first-order valence-corrected chi connectivity index (χ1v) is 8.23. The second-order valence-corrected chi connectivity index (χ2v) is 5.77. The Morgan fingerprint density at radius 2 is 1.64 bits per heavy atom. The van der Waals surface area contributed by atoms with Crippen LogP contribution in [0.15, 0.2) is 40.9 Å². The first-order valence-electron chi connectivity index (χ1n) is 7.44. The molecule has 0 radical (unpaired) electrons. The van der Waals surface area contributed by atoms with Gasteiger partial charge in [0.15, 0.2) is 11.5 Å². The molecule has 0 aliphatic heterocycles. The number of esters is 1. The lowest BCUT2D eigenvalue weighted by molar-refractivity contribution is 0.0449.